The fourth-order valence-electron chi connectivity index (χ4n) is 3.52. The highest BCUT2D eigenvalue weighted by Gasteiger charge is 2.33. The molecular weight excluding hydrogens is 395 g/mol. The number of nitrogens with one attached hydrogen (secondary N) is 1. The predicted octanol–water partition coefficient (Wildman–Crippen LogP) is 3.35. The van der Waals surface area contributed by atoms with Crippen LogP contribution in [-0.2, 0) is 12.6 Å². The minimum Gasteiger partial charge on any atom is -0.396 e. The van der Waals surface area contributed by atoms with Crippen molar-refractivity contribution in [1.82, 2.24) is 15.0 Å². The molecule has 30 heavy (non-hydrogen) atoms. The Labute approximate surface area is 172 Å². The molecule has 0 saturated carbocycles. The zero-order valence-electron chi connectivity index (χ0n) is 16.2. The van der Waals surface area contributed by atoms with Crippen molar-refractivity contribution in [2.45, 2.75) is 12.6 Å². The Morgan fingerprint density at radius 1 is 0.967 bits per heavy atom. The van der Waals surface area contributed by atoms with Crippen molar-refractivity contribution in [3.8, 4) is 11.4 Å². The summed E-state index contributed by atoms with van der Waals surface area (Å²) < 4.78 is 38.1. The number of halogens is 3. The van der Waals surface area contributed by atoms with Crippen LogP contribution in [0.25, 0.3) is 11.4 Å². The molecule has 1 saturated heterocycles. The first-order valence-electron chi connectivity index (χ1n) is 9.73. The monoisotopic (exact) mass is 417 g/mol. The molecule has 6 nitrogen and oxygen atoms in total. The maximum absolute atomic E-state index is 12.7. The lowest BCUT2D eigenvalue weighted by Crippen LogP contribution is -2.46. The number of aliphatic hydroxyl groups excluding tert-OH is 1. The number of piperazine rings is 1. The maximum atomic E-state index is 12.7. The molecule has 3 aromatic rings. The van der Waals surface area contributed by atoms with Crippen molar-refractivity contribution in [1.29, 1.82) is 0 Å². The number of aromatic nitrogens is 3. The minimum absolute atomic E-state index is 0.146. The van der Waals surface area contributed by atoms with Gasteiger partial charge in [0.2, 0.25) is 0 Å². The van der Waals surface area contributed by atoms with Crippen LogP contribution in [0.5, 0.6) is 0 Å². The van der Waals surface area contributed by atoms with Gasteiger partial charge in [-0.2, -0.15) is 13.2 Å². The number of anilines is 2. The van der Waals surface area contributed by atoms with Gasteiger partial charge in [-0.3, -0.25) is 0 Å². The molecule has 2 N–H and O–H groups in total. The van der Waals surface area contributed by atoms with E-state index in [9.17, 15) is 13.2 Å². The second kappa shape index (κ2) is 8.35. The Morgan fingerprint density at radius 2 is 1.67 bits per heavy atom. The molecule has 1 fully saturated rings. The number of imidazole rings is 1. The predicted molar refractivity (Wildman–Crippen MR) is 108 cm³/mol. The summed E-state index contributed by atoms with van der Waals surface area (Å²) >= 11 is 0. The highest BCUT2D eigenvalue weighted by Crippen LogP contribution is 2.29. The molecule has 3 heterocycles. The zero-order chi connectivity index (χ0) is 21.1. The van der Waals surface area contributed by atoms with Crippen LogP contribution in [0.15, 0.2) is 48.8 Å². The lowest BCUT2D eigenvalue weighted by Gasteiger charge is -2.36. The Kier molecular flexibility index (Phi) is 5.63. The number of nitrogens with zero attached hydrogens (tertiary/aromatic N) is 4. The second-order valence-electron chi connectivity index (χ2n) is 7.15. The maximum Gasteiger partial charge on any atom is 0.434 e. The van der Waals surface area contributed by atoms with E-state index < -0.39 is 11.9 Å². The third kappa shape index (κ3) is 4.40. The first-order valence-corrected chi connectivity index (χ1v) is 9.73. The minimum atomic E-state index is -4.47. The summed E-state index contributed by atoms with van der Waals surface area (Å²) in [7, 11) is 0. The van der Waals surface area contributed by atoms with Crippen LogP contribution >= 0.6 is 0 Å². The van der Waals surface area contributed by atoms with Gasteiger partial charge in [-0.1, -0.05) is 12.1 Å². The third-order valence-corrected chi connectivity index (χ3v) is 5.20. The molecule has 0 aliphatic carbocycles. The number of aromatic amines is 1. The van der Waals surface area contributed by atoms with Gasteiger partial charge in [0.1, 0.15) is 11.6 Å². The van der Waals surface area contributed by atoms with Crippen LogP contribution in [0.1, 0.15) is 11.3 Å². The van der Waals surface area contributed by atoms with Gasteiger partial charge >= 0.3 is 6.18 Å². The first-order chi connectivity index (χ1) is 14.4. The second-order valence-corrected chi connectivity index (χ2v) is 7.15. The van der Waals surface area contributed by atoms with Crippen LogP contribution < -0.4 is 9.80 Å². The summed E-state index contributed by atoms with van der Waals surface area (Å²) in [6.07, 6.45) is -1.41. The lowest BCUT2D eigenvalue weighted by molar-refractivity contribution is -0.140. The zero-order valence-corrected chi connectivity index (χ0v) is 16.2. The van der Waals surface area contributed by atoms with Crippen LogP contribution in [0.3, 0.4) is 0 Å². The van der Waals surface area contributed by atoms with Crippen molar-refractivity contribution in [3.63, 3.8) is 0 Å². The molecule has 9 heteroatoms. The van der Waals surface area contributed by atoms with Crippen LogP contribution in [0.4, 0.5) is 24.7 Å². The van der Waals surface area contributed by atoms with E-state index in [-0.39, 0.29) is 12.4 Å². The van der Waals surface area contributed by atoms with Crippen LogP contribution in [-0.4, -0.2) is 52.8 Å². The molecule has 0 spiro atoms. The highest BCUT2D eigenvalue weighted by atomic mass is 19.4. The van der Waals surface area contributed by atoms with E-state index in [1.165, 1.54) is 0 Å². The number of rotatable bonds is 5. The van der Waals surface area contributed by atoms with Crippen molar-refractivity contribution >= 4 is 11.5 Å². The quantitative estimate of drug-likeness (QED) is 0.667. The van der Waals surface area contributed by atoms with Gasteiger partial charge in [0, 0.05) is 56.4 Å². The molecule has 2 aromatic heterocycles. The molecule has 0 amide bonds. The summed E-state index contributed by atoms with van der Waals surface area (Å²) in [6, 6.07) is 11.8. The number of aliphatic hydroxyl groups is 1. The van der Waals surface area contributed by atoms with E-state index in [4.69, 9.17) is 5.11 Å². The van der Waals surface area contributed by atoms with Crippen LogP contribution in [0.2, 0.25) is 0 Å². The van der Waals surface area contributed by atoms with E-state index >= 15 is 0 Å². The van der Waals surface area contributed by atoms with E-state index in [1.807, 2.05) is 18.2 Å². The number of benzene rings is 1. The summed E-state index contributed by atoms with van der Waals surface area (Å²) in [5.74, 6) is 0.940. The number of hydrogen-bond acceptors (Lipinski definition) is 5. The molecule has 158 valence electrons. The summed E-state index contributed by atoms with van der Waals surface area (Å²) in [4.78, 5) is 15.0. The Morgan fingerprint density at radius 3 is 2.23 bits per heavy atom. The largest absolute Gasteiger partial charge is 0.434 e. The van der Waals surface area contributed by atoms with Gasteiger partial charge in [-0.05, 0) is 36.2 Å². The molecule has 0 unspecified atom stereocenters. The number of alkyl halides is 3. The van der Waals surface area contributed by atoms with Gasteiger partial charge in [0.15, 0.2) is 5.69 Å². The third-order valence-electron chi connectivity index (χ3n) is 5.20. The summed E-state index contributed by atoms with van der Waals surface area (Å²) in [5, 5.41) is 9.02. The Bertz CT molecular complexity index is 962. The van der Waals surface area contributed by atoms with Crippen molar-refractivity contribution in [3.05, 3.63) is 60.0 Å². The van der Waals surface area contributed by atoms with Gasteiger partial charge in [-0.15, -0.1) is 0 Å². The topological polar surface area (TPSA) is 68.3 Å². The molecule has 1 aromatic carbocycles. The molecule has 1 aliphatic rings. The van der Waals surface area contributed by atoms with E-state index in [0.29, 0.717) is 12.0 Å². The molecular formula is C21H22F3N5O. The van der Waals surface area contributed by atoms with E-state index in [2.05, 4.69) is 36.9 Å². The fraction of sp³-hybridized carbons (Fsp3) is 0.333. The molecule has 0 atom stereocenters. The number of H-pyrrole nitrogens is 1. The van der Waals surface area contributed by atoms with Crippen molar-refractivity contribution in [2.75, 3.05) is 42.6 Å². The Balaban J connectivity index is 1.37. The highest BCUT2D eigenvalue weighted by molar-refractivity contribution is 5.57. The lowest BCUT2D eigenvalue weighted by atomic mass is 10.1. The van der Waals surface area contributed by atoms with Crippen molar-refractivity contribution < 1.29 is 18.3 Å². The summed E-state index contributed by atoms with van der Waals surface area (Å²) in [5.41, 5.74) is 1.83. The smallest absolute Gasteiger partial charge is 0.396 e. The van der Waals surface area contributed by atoms with Crippen molar-refractivity contribution in [2.24, 2.45) is 0 Å². The average Bonchev–Trinajstić information content (AvgIpc) is 3.26. The van der Waals surface area contributed by atoms with E-state index in [0.717, 1.165) is 49.4 Å². The number of pyridine rings is 1. The van der Waals surface area contributed by atoms with Crippen LogP contribution in [0, 0.1) is 0 Å². The molecule has 1 aliphatic heterocycles. The molecule has 0 bridgehead atoms. The first kappa shape index (κ1) is 20.2. The van der Waals surface area contributed by atoms with E-state index in [1.54, 1.807) is 12.3 Å². The normalized spacial score (nSPS) is 14.9. The molecule has 4 rings (SSSR count). The van der Waals surface area contributed by atoms with Gasteiger partial charge in [0.25, 0.3) is 0 Å². The standard InChI is InChI=1S/C21H22F3N5O/c22-21(23,24)18-14-26-20(27-18)16-3-6-19(25-13-16)29-10-8-28(9-11-29)17-4-1-15(2-5-17)7-12-30/h1-6,13-14,30H,7-12H2,(H,26,27). The fourth-order valence-corrected chi connectivity index (χ4v) is 3.52. The summed E-state index contributed by atoms with van der Waals surface area (Å²) in [6.45, 7) is 3.42. The Hall–Kier alpha value is -3.07. The van der Waals surface area contributed by atoms with Gasteiger partial charge < -0.3 is 19.9 Å². The van der Waals surface area contributed by atoms with Gasteiger partial charge in [-0.25, -0.2) is 9.97 Å². The van der Waals surface area contributed by atoms with Gasteiger partial charge in [0.05, 0.1) is 0 Å². The SMILES string of the molecule is OCCc1ccc(N2CCN(c3ccc(-c4nc(C(F)(F)F)c[nH]4)cn3)CC2)cc1. The molecule has 0 radical (unpaired) electrons. The average molecular weight is 417 g/mol. The number of hydrogen-bond donors (Lipinski definition) is 2.